The summed E-state index contributed by atoms with van der Waals surface area (Å²) in [7, 11) is -5.13. The van der Waals surface area contributed by atoms with Crippen LogP contribution in [-0.4, -0.2) is 16.1 Å². The van der Waals surface area contributed by atoms with E-state index >= 15 is 35.1 Å². The lowest BCUT2D eigenvalue weighted by Crippen LogP contribution is -2.50. The lowest BCUT2D eigenvalue weighted by molar-refractivity contribution is 0.418. The van der Waals surface area contributed by atoms with Crippen LogP contribution < -0.4 is 0 Å². The topological polar surface area (TPSA) is 0 Å². The molecule has 7 aromatic rings. The smallest absolute Gasteiger partial charge is 0.198 e. The Kier molecular flexibility index (Phi) is 17.6. The van der Waals surface area contributed by atoms with Crippen molar-refractivity contribution in [2.45, 2.75) is 233 Å². The van der Waals surface area contributed by atoms with Crippen molar-refractivity contribution in [3.63, 3.8) is 0 Å². The molecule has 6 saturated carbocycles. The molecule has 0 amide bonds. The molecule has 0 spiro atoms. The molecule has 7 aromatic carbocycles. The highest BCUT2D eigenvalue weighted by Gasteiger charge is 2.54. The summed E-state index contributed by atoms with van der Waals surface area (Å²) >= 11 is 0. The van der Waals surface area contributed by atoms with E-state index in [0.717, 1.165) is 77.0 Å². The third-order valence-electron chi connectivity index (χ3n) is 21.9. The fourth-order valence-electron chi connectivity index (χ4n) is 17.9. The molecule has 83 heavy (non-hydrogen) atoms. The van der Waals surface area contributed by atoms with E-state index in [1.807, 2.05) is 30.3 Å². The van der Waals surface area contributed by atoms with Gasteiger partial charge < -0.3 is 0 Å². The molecular weight excluding hydrogens is 1080 g/mol. The summed E-state index contributed by atoms with van der Waals surface area (Å²) < 4.78 is 126. The minimum Gasteiger partial charge on any atom is -0.203 e. The zero-order chi connectivity index (χ0) is 57.4. The molecule has 6 aliphatic carbocycles. The van der Waals surface area contributed by atoms with Crippen molar-refractivity contribution in [3.05, 3.63) is 130 Å². The number of hydrogen-bond donors (Lipinski definition) is 0. The lowest BCUT2D eigenvalue weighted by atomic mass is 9.88. The summed E-state index contributed by atoms with van der Waals surface area (Å²) in [6, 6.07) is 19.7. The molecule has 0 radical (unpaired) electrons. The molecule has 436 valence electrons. The molecule has 0 atom stereocenters. The number of halogens is 8. The van der Waals surface area contributed by atoms with Crippen LogP contribution in [-0.2, 0) is 0 Å². The second-order valence-electron chi connectivity index (χ2n) is 26.4. The standard InChI is InChI=1S/C66H72F8Si2.C7H8/c67-59-55-37-41-35-51-49(31-33-75(43-19-7-1-8-20-43,44-21-9-2-10-22-44)45-23-11-3-12-24-45)53-39-57-58(62(70)66(74)65(73)61(57)69)40-54(53)50(52(51)36-42(41)38-56(55)60(68)64(72)63(59)71)32-34-76(46-25-13-4-14-26-46,47-27-15-5-16-28-47)48-29-17-6-18-30-48;1-7-5-3-2-4-6-7/h35-40,43-48H,1-30H2;2-6H,1H3. The molecule has 0 N–H and O–H groups in total. The molecule has 0 saturated heterocycles. The highest BCUT2D eigenvalue weighted by Crippen LogP contribution is 2.59. The van der Waals surface area contributed by atoms with E-state index in [4.69, 9.17) is 0 Å². The second-order valence-corrected chi connectivity index (χ2v) is 35.5. The van der Waals surface area contributed by atoms with Crippen molar-refractivity contribution in [2.24, 2.45) is 0 Å². The summed E-state index contributed by atoms with van der Waals surface area (Å²) in [5, 5.41) is 1.46. The maximum absolute atomic E-state index is 16.5. The van der Waals surface area contributed by atoms with Gasteiger partial charge >= 0.3 is 0 Å². The Morgan fingerprint density at radius 1 is 0.289 bits per heavy atom. The molecule has 6 fully saturated rings. The minimum atomic E-state index is -2.56. The molecule has 0 nitrogen and oxygen atoms in total. The van der Waals surface area contributed by atoms with Crippen LogP contribution >= 0.6 is 0 Å². The number of fused-ring (bicyclic) bond motifs is 5. The first-order valence-electron chi connectivity index (χ1n) is 32.3. The van der Waals surface area contributed by atoms with Gasteiger partial charge in [0.2, 0.25) is 0 Å². The maximum atomic E-state index is 16.5. The van der Waals surface area contributed by atoms with Crippen LogP contribution in [0.1, 0.15) is 209 Å². The van der Waals surface area contributed by atoms with E-state index in [1.165, 1.54) is 145 Å². The van der Waals surface area contributed by atoms with Gasteiger partial charge in [-0.25, -0.2) is 35.1 Å². The SMILES string of the molecule is Cc1ccccc1.Fc1c(F)c(F)c2cc3cc4c(C#C[Si](C5CCCCC5)(C5CCCCC5)C5CCCCC5)c5cc6c(F)c(F)c(F)c(F)c6cc5c(C#C[Si](C5CCCCC5)(C5CCCCC5)C5CCCCC5)c4cc3cc2c1F. The van der Waals surface area contributed by atoms with Crippen molar-refractivity contribution in [2.75, 3.05) is 0 Å². The van der Waals surface area contributed by atoms with Gasteiger partial charge in [0, 0.05) is 32.7 Å². The summed E-state index contributed by atoms with van der Waals surface area (Å²) in [6.45, 7) is 2.08. The fraction of sp³-hybridized carbons (Fsp3) is 0.507. The zero-order valence-electron chi connectivity index (χ0n) is 48.6. The largest absolute Gasteiger partial charge is 0.203 e. The van der Waals surface area contributed by atoms with Crippen LogP contribution in [0.4, 0.5) is 35.1 Å². The Labute approximate surface area is 488 Å². The van der Waals surface area contributed by atoms with E-state index < -0.39 is 84.2 Å². The average Bonchev–Trinajstić information content (AvgIpc) is 1.64. The van der Waals surface area contributed by atoms with E-state index in [-0.39, 0.29) is 0 Å². The molecule has 13 rings (SSSR count). The van der Waals surface area contributed by atoms with Crippen molar-refractivity contribution < 1.29 is 35.1 Å². The summed E-state index contributed by atoms with van der Waals surface area (Å²) in [5.41, 5.74) is 14.0. The van der Waals surface area contributed by atoms with Gasteiger partial charge in [0.15, 0.2) is 46.5 Å². The number of benzene rings is 7. The van der Waals surface area contributed by atoms with Crippen molar-refractivity contribution in [3.8, 4) is 22.9 Å². The molecule has 0 unspecified atom stereocenters. The highest BCUT2D eigenvalue weighted by molar-refractivity contribution is 6.91. The van der Waals surface area contributed by atoms with Crippen LogP contribution in [0.25, 0.3) is 53.9 Å². The van der Waals surface area contributed by atoms with Gasteiger partial charge in [-0.2, -0.15) is 0 Å². The van der Waals surface area contributed by atoms with Gasteiger partial charge in [-0.1, -0.05) is 240 Å². The Balaban J connectivity index is 0.000000905. The van der Waals surface area contributed by atoms with Crippen LogP contribution in [0, 0.1) is 76.4 Å². The van der Waals surface area contributed by atoms with Gasteiger partial charge in [-0.15, -0.1) is 11.1 Å². The van der Waals surface area contributed by atoms with Crippen LogP contribution in [0.2, 0.25) is 33.2 Å². The van der Waals surface area contributed by atoms with Crippen molar-refractivity contribution >= 4 is 70.0 Å². The van der Waals surface area contributed by atoms with Gasteiger partial charge in [-0.05, 0) is 109 Å². The van der Waals surface area contributed by atoms with Crippen LogP contribution in [0.5, 0.6) is 0 Å². The second kappa shape index (κ2) is 25.0. The Morgan fingerprint density at radius 2 is 0.518 bits per heavy atom. The third kappa shape index (κ3) is 10.9. The molecule has 0 aliphatic heterocycles. The highest BCUT2D eigenvalue weighted by atomic mass is 28.3. The van der Waals surface area contributed by atoms with Gasteiger partial charge in [0.05, 0.1) is 0 Å². The molecule has 10 heteroatoms. The summed E-state index contributed by atoms with van der Waals surface area (Å²) in [5.74, 6) is -5.62. The maximum Gasteiger partial charge on any atom is 0.198 e. The van der Waals surface area contributed by atoms with Crippen molar-refractivity contribution in [1.29, 1.82) is 0 Å². The lowest BCUT2D eigenvalue weighted by Gasteiger charge is -2.50. The van der Waals surface area contributed by atoms with Crippen molar-refractivity contribution in [1.82, 2.24) is 0 Å². The molecule has 0 bridgehead atoms. The van der Waals surface area contributed by atoms with Crippen LogP contribution in [0.15, 0.2) is 66.7 Å². The fourth-order valence-corrected chi connectivity index (χ4v) is 32.0. The average molecular weight is 1170 g/mol. The Morgan fingerprint density at radius 3 is 0.759 bits per heavy atom. The number of aryl methyl sites for hydroxylation is 1. The van der Waals surface area contributed by atoms with E-state index in [1.54, 1.807) is 0 Å². The summed E-state index contributed by atoms with van der Waals surface area (Å²) in [4.78, 5) is 0. The molecule has 0 heterocycles. The van der Waals surface area contributed by atoms with Gasteiger partial charge in [-0.3, -0.25) is 0 Å². The number of rotatable bonds is 6. The zero-order valence-corrected chi connectivity index (χ0v) is 50.6. The molecule has 6 aliphatic rings. The van der Waals surface area contributed by atoms with E-state index in [2.05, 4.69) is 42.0 Å². The third-order valence-corrected chi connectivity index (χ3v) is 34.6. The quantitative estimate of drug-likeness (QED) is 0.0389. The Hall–Kier alpha value is -5.17. The monoisotopic (exact) mass is 1160 g/mol. The van der Waals surface area contributed by atoms with E-state index in [9.17, 15) is 0 Å². The van der Waals surface area contributed by atoms with E-state index in [0.29, 0.717) is 76.7 Å². The number of hydrogen-bond acceptors (Lipinski definition) is 0. The first-order chi connectivity index (χ1) is 40.4. The molecular formula is C73H80F8Si2. The predicted molar refractivity (Wildman–Crippen MR) is 331 cm³/mol. The Bertz CT molecular complexity index is 3350. The normalized spacial score (nSPS) is 19.9. The first-order valence-corrected chi connectivity index (χ1v) is 36.7. The van der Waals surface area contributed by atoms with Gasteiger partial charge in [0.25, 0.3) is 0 Å². The van der Waals surface area contributed by atoms with Gasteiger partial charge in [0.1, 0.15) is 16.1 Å². The predicted octanol–water partition coefficient (Wildman–Crippen LogP) is 23.2. The van der Waals surface area contributed by atoms with Crippen LogP contribution in [0.3, 0.4) is 0 Å². The first kappa shape index (κ1) is 58.2. The summed E-state index contributed by atoms with van der Waals surface area (Å²) in [6.07, 6.45) is 35.1. The molecule has 0 aromatic heterocycles. The minimum absolute atomic E-state index is 0.391.